The lowest BCUT2D eigenvalue weighted by atomic mass is 9.81. The number of carbonyl (C=O) groups excluding carboxylic acids is 2. The number of nitrogens with zero attached hydrogens (tertiary/aromatic N) is 2. The van der Waals surface area contributed by atoms with Gasteiger partial charge in [-0.25, -0.2) is 0 Å². The molecule has 1 aromatic rings. The van der Waals surface area contributed by atoms with E-state index in [4.69, 9.17) is 0 Å². The van der Waals surface area contributed by atoms with Crippen molar-refractivity contribution in [3.63, 3.8) is 0 Å². The second-order valence-corrected chi connectivity index (χ2v) is 7.29. The van der Waals surface area contributed by atoms with Crippen molar-refractivity contribution in [1.82, 2.24) is 9.80 Å². The Kier molecular flexibility index (Phi) is 6.41. The van der Waals surface area contributed by atoms with Gasteiger partial charge in [0.1, 0.15) is 0 Å². The third-order valence-electron chi connectivity index (χ3n) is 4.88. The topological polar surface area (TPSA) is 40.6 Å². The fourth-order valence-corrected chi connectivity index (χ4v) is 3.17. The summed E-state index contributed by atoms with van der Waals surface area (Å²) in [7, 11) is 0. The molecule has 0 bridgehead atoms. The second-order valence-electron chi connectivity index (χ2n) is 7.29. The molecule has 1 aliphatic rings. The van der Waals surface area contributed by atoms with E-state index in [1.165, 1.54) is 5.56 Å². The molecule has 0 saturated carbocycles. The van der Waals surface area contributed by atoms with E-state index < -0.39 is 0 Å². The fourth-order valence-electron chi connectivity index (χ4n) is 3.17. The number of amides is 2. The predicted molar refractivity (Wildman–Crippen MR) is 96.8 cm³/mol. The molecule has 2 rings (SSSR count). The third kappa shape index (κ3) is 4.83. The quantitative estimate of drug-likeness (QED) is 0.803. The standard InChI is InChI=1S/C20H30N2O2/c1-4-5-11-18(23)21-12-14-22(15-13-21)19(24)16-20(2,3)17-9-7-6-8-10-17/h6-10H,4-5,11-16H2,1-3H3. The minimum Gasteiger partial charge on any atom is -0.339 e. The number of hydrogen-bond donors (Lipinski definition) is 0. The zero-order valence-corrected chi connectivity index (χ0v) is 15.3. The van der Waals surface area contributed by atoms with E-state index in [1.54, 1.807) is 0 Å². The Bertz CT molecular complexity index is 546. The van der Waals surface area contributed by atoms with Crippen LogP contribution >= 0.6 is 0 Å². The van der Waals surface area contributed by atoms with Crippen LogP contribution in [-0.4, -0.2) is 47.8 Å². The average molecular weight is 330 g/mol. The van der Waals surface area contributed by atoms with Gasteiger partial charge in [0.25, 0.3) is 0 Å². The molecule has 0 radical (unpaired) electrons. The van der Waals surface area contributed by atoms with Gasteiger partial charge in [-0.3, -0.25) is 9.59 Å². The molecule has 0 spiro atoms. The van der Waals surface area contributed by atoms with E-state index in [1.807, 2.05) is 28.0 Å². The van der Waals surface area contributed by atoms with Gasteiger partial charge in [0.05, 0.1) is 0 Å². The van der Waals surface area contributed by atoms with Crippen LogP contribution in [0.3, 0.4) is 0 Å². The van der Waals surface area contributed by atoms with Gasteiger partial charge in [-0.05, 0) is 17.4 Å². The predicted octanol–water partition coefficient (Wildman–Crippen LogP) is 3.22. The van der Waals surface area contributed by atoms with Gasteiger partial charge < -0.3 is 9.80 Å². The lowest BCUT2D eigenvalue weighted by molar-refractivity contribution is -0.140. The van der Waals surface area contributed by atoms with Crippen LogP contribution in [0, 0.1) is 0 Å². The first kappa shape index (κ1) is 18.5. The lowest BCUT2D eigenvalue weighted by Gasteiger charge is -2.36. The summed E-state index contributed by atoms with van der Waals surface area (Å²) in [4.78, 5) is 28.5. The van der Waals surface area contributed by atoms with Crippen LogP contribution in [0.5, 0.6) is 0 Å². The zero-order valence-electron chi connectivity index (χ0n) is 15.3. The number of unbranched alkanes of at least 4 members (excludes halogenated alkanes) is 1. The maximum atomic E-state index is 12.7. The summed E-state index contributed by atoms with van der Waals surface area (Å²) in [5.74, 6) is 0.415. The molecule has 0 aromatic heterocycles. The monoisotopic (exact) mass is 330 g/mol. The second kappa shape index (κ2) is 8.32. The van der Waals surface area contributed by atoms with Crippen molar-refractivity contribution >= 4 is 11.8 Å². The van der Waals surface area contributed by atoms with Gasteiger partial charge in [-0.1, -0.05) is 57.5 Å². The first-order valence-electron chi connectivity index (χ1n) is 9.05. The number of hydrogen-bond acceptors (Lipinski definition) is 2. The largest absolute Gasteiger partial charge is 0.339 e. The average Bonchev–Trinajstić information content (AvgIpc) is 2.60. The highest BCUT2D eigenvalue weighted by atomic mass is 16.2. The normalized spacial score (nSPS) is 15.5. The molecule has 2 amide bonds. The molecule has 0 aliphatic carbocycles. The fraction of sp³-hybridized carbons (Fsp3) is 0.600. The van der Waals surface area contributed by atoms with Gasteiger partial charge in [0.15, 0.2) is 0 Å². The number of carbonyl (C=O) groups is 2. The SMILES string of the molecule is CCCCC(=O)N1CCN(C(=O)CC(C)(C)c2ccccc2)CC1. The van der Waals surface area contributed by atoms with Crippen molar-refractivity contribution in [2.24, 2.45) is 0 Å². The molecule has 4 nitrogen and oxygen atoms in total. The van der Waals surface area contributed by atoms with E-state index in [9.17, 15) is 9.59 Å². The third-order valence-corrected chi connectivity index (χ3v) is 4.88. The summed E-state index contributed by atoms with van der Waals surface area (Å²) in [6.45, 7) is 8.97. The zero-order chi connectivity index (χ0) is 17.6. The molecule has 132 valence electrons. The lowest BCUT2D eigenvalue weighted by Crippen LogP contribution is -2.51. The molecular formula is C20H30N2O2. The summed E-state index contributed by atoms with van der Waals surface area (Å²) in [6.07, 6.45) is 3.12. The number of rotatable bonds is 6. The van der Waals surface area contributed by atoms with Crippen LogP contribution < -0.4 is 0 Å². The Morgan fingerprint density at radius 1 is 0.958 bits per heavy atom. The van der Waals surface area contributed by atoms with Crippen LogP contribution in [0.2, 0.25) is 0 Å². The van der Waals surface area contributed by atoms with Crippen molar-refractivity contribution in [3.8, 4) is 0 Å². The van der Waals surface area contributed by atoms with E-state index in [2.05, 4.69) is 32.9 Å². The van der Waals surface area contributed by atoms with Crippen molar-refractivity contribution in [3.05, 3.63) is 35.9 Å². The number of benzene rings is 1. The molecule has 0 N–H and O–H groups in total. The van der Waals surface area contributed by atoms with E-state index in [0.717, 1.165) is 12.8 Å². The first-order valence-corrected chi connectivity index (χ1v) is 9.05. The maximum absolute atomic E-state index is 12.7. The summed E-state index contributed by atoms with van der Waals surface area (Å²) < 4.78 is 0. The van der Waals surface area contributed by atoms with Gasteiger partial charge >= 0.3 is 0 Å². The molecule has 4 heteroatoms. The Morgan fingerprint density at radius 3 is 2.04 bits per heavy atom. The molecule has 24 heavy (non-hydrogen) atoms. The van der Waals surface area contributed by atoms with E-state index in [0.29, 0.717) is 39.0 Å². The molecular weight excluding hydrogens is 300 g/mol. The van der Waals surface area contributed by atoms with E-state index in [-0.39, 0.29) is 17.2 Å². The van der Waals surface area contributed by atoms with Crippen molar-refractivity contribution < 1.29 is 9.59 Å². The molecule has 1 fully saturated rings. The Balaban J connectivity index is 1.86. The first-order chi connectivity index (χ1) is 11.4. The van der Waals surface area contributed by atoms with Crippen LogP contribution in [-0.2, 0) is 15.0 Å². The molecule has 0 unspecified atom stereocenters. The molecule has 1 aromatic carbocycles. The highest BCUT2D eigenvalue weighted by Crippen LogP contribution is 2.27. The van der Waals surface area contributed by atoms with Crippen molar-refractivity contribution in [2.45, 2.75) is 51.9 Å². The van der Waals surface area contributed by atoms with Crippen molar-refractivity contribution in [2.75, 3.05) is 26.2 Å². The highest BCUT2D eigenvalue weighted by Gasteiger charge is 2.29. The van der Waals surface area contributed by atoms with Crippen LogP contribution in [0.25, 0.3) is 0 Å². The smallest absolute Gasteiger partial charge is 0.223 e. The summed E-state index contributed by atoms with van der Waals surface area (Å²) >= 11 is 0. The molecule has 1 heterocycles. The van der Waals surface area contributed by atoms with Gasteiger partial charge in [0, 0.05) is 39.0 Å². The Hall–Kier alpha value is -1.84. The van der Waals surface area contributed by atoms with Crippen LogP contribution in [0.4, 0.5) is 0 Å². The van der Waals surface area contributed by atoms with Gasteiger partial charge in [0.2, 0.25) is 11.8 Å². The summed E-state index contributed by atoms with van der Waals surface area (Å²) in [5, 5.41) is 0. The summed E-state index contributed by atoms with van der Waals surface area (Å²) in [5.41, 5.74) is 1.01. The van der Waals surface area contributed by atoms with Gasteiger partial charge in [-0.2, -0.15) is 0 Å². The molecule has 0 atom stereocenters. The summed E-state index contributed by atoms with van der Waals surface area (Å²) in [6, 6.07) is 10.2. The van der Waals surface area contributed by atoms with Crippen LogP contribution in [0.1, 0.15) is 52.0 Å². The Labute approximate surface area is 145 Å². The van der Waals surface area contributed by atoms with Crippen LogP contribution in [0.15, 0.2) is 30.3 Å². The number of piperazine rings is 1. The molecule has 1 saturated heterocycles. The highest BCUT2D eigenvalue weighted by molar-refractivity contribution is 5.79. The van der Waals surface area contributed by atoms with E-state index >= 15 is 0 Å². The maximum Gasteiger partial charge on any atom is 0.223 e. The van der Waals surface area contributed by atoms with Gasteiger partial charge in [-0.15, -0.1) is 0 Å². The minimum absolute atomic E-state index is 0.174. The Morgan fingerprint density at radius 2 is 1.50 bits per heavy atom. The minimum atomic E-state index is -0.174. The molecule has 1 aliphatic heterocycles. The van der Waals surface area contributed by atoms with Crippen molar-refractivity contribution in [1.29, 1.82) is 0 Å².